The van der Waals surface area contributed by atoms with Gasteiger partial charge >= 0.3 is 0 Å². The lowest BCUT2D eigenvalue weighted by atomic mass is 10.2. The number of hydrogen-bond acceptors (Lipinski definition) is 5. The van der Waals surface area contributed by atoms with Gasteiger partial charge in [-0.3, -0.25) is 9.59 Å². The maximum absolute atomic E-state index is 12.0. The van der Waals surface area contributed by atoms with Gasteiger partial charge in [-0.2, -0.15) is 0 Å². The topological polar surface area (TPSA) is 88.7 Å². The molecule has 0 spiro atoms. The number of benzene rings is 1. The van der Waals surface area contributed by atoms with Crippen LogP contribution in [0.25, 0.3) is 0 Å². The Morgan fingerprint density at radius 2 is 2.26 bits per heavy atom. The Hall–Kier alpha value is -2.28. The Bertz CT molecular complexity index is 576. The lowest BCUT2D eigenvalue weighted by Crippen LogP contribution is -2.38. The van der Waals surface area contributed by atoms with Gasteiger partial charge in [-0.15, -0.1) is 0 Å². The average Bonchev–Trinajstić information content (AvgIpc) is 2.52. The predicted octanol–water partition coefficient (Wildman–Crippen LogP) is 1.36. The molecule has 0 saturated carbocycles. The first-order valence-electron chi connectivity index (χ1n) is 7.66. The average molecular weight is 321 g/mol. The normalized spacial score (nSPS) is 17.5. The van der Waals surface area contributed by atoms with Gasteiger partial charge in [0.25, 0.3) is 5.91 Å². The van der Waals surface area contributed by atoms with E-state index in [1.54, 1.807) is 33.1 Å². The van der Waals surface area contributed by atoms with E-state index < -0.39 is 12.1 Å². The molecular weight excluding hydrogens is 298 g/mol. The smallest absolute Gasteiger partial charge is 0.265 e. The first-order chi connectivity index (χ1) is 11.0. The van der Waals surface area contributed by atoms with Crippen LogP contribution in [0.1, 0.15) is 20.3 Å². The molecule has 2 rings (SSSR count). The fraction of sp³-hybridized carbons (Fsp3) is 0.500. The van der Waals surface area contributed by atoms with Crippen LogP contribution in [0.3, 0.4) is 0 Å². The van der Waals surface area contributed by atoms with Crippen LogP contribution in [0.4, 0.5) is 11.4 Å². The van der Waals surface area contributed by atoms with Gasteiger partial charge in [-0.05, 0) is 38.5 Å². The summed E-state index contributed by atoms with van der Waals surface area (Å²) in [5.74, 6) is 0.352. The molecule has 0 bridgehead atoms. The molecule has 1 aliphatic heterocycles. The van der Waals surface area contributed by atoms with Gasteiger partial charge in [-0.25, -0.2) is 0 Å². The molecule has 1 aromatic rings. The highest BCUT2D eigenvalue weighted by Crippen LogP contribution is 2.32. The molecule has 0 aliphatic carbocycles. The molecule has 23 heavy (non-hydrogen) atoms. The molecule has 0 aromatic heterocycles. The second kappa shape index (κ2) is 7.82. The SMILES string of the molecule is COCCCNC(=O)[C@H](C)Nc1ccc2c(c1)NC(=O)[C@@H](C)O2. The van der Waals surface area contributed by atoms with Crippen molar-refractivity contribution in [2.24, 2.45) is 0 Å². The first kappa shape index (κ1) is 17.1. The van der Waals surface area contributed by atoms with E-state index in [2.05, 4.69) is 16.0 Å². The minimum absolute atomic E-state index is 0.0901. The lowest BCUT2D eigenvalue weighted by Gasteiger charge is -2.24. The standard InChI is InChI=1S/C16H23N3O4/c1-10(15(20)17-7-4-8-22-3)18-12-5-6-14-13(9-12)19-16(21)11(2)23-14/h5-6,9-11,18H,4,7-8H2,1-3H3,(H,17,20)(H,19,21)/t10-,11+/m0/s1. The molecule has 7 nitrogen and oxygen atoms in total. The quantitative estimate of drug-likeness (QED) is 0.660. The lowest BCUT2D eigenvalue weighted by molar-refractivity contribution is -0.123. The van der Waals surface area contributed by atoms with Crippen molar-refractivity contribution in [3.63, 3.8) is 0 Å². The van der Waals surface area contributed by atoms with Gasteiger partial charge in [-0.1, -0.05) is 0 Å². The number of nitrogens with one attached hydrogen (secondary N) is 3. The molecular formula is C16H23N3O4. The highest BCUT2D eigenvalue weighted by atomic mass is 16.5. The molecule has 1 heterocycles. The number of carbonyl (C=O) groups excluding carboxylic acids is 2. The maximum Gasteiger partial charge on any atom is 0.265 e. The number of amides is 2. The molecule has 1 aromatic carbocycles. The Balaban J connectivity index is 1.91. The van der Waals surface area contributed by atoms with E-state index >= 15 is 0 Å². The van der Waals surface area contributed by atoms with Crippen LogP contribution in [0.2, 0.25) is 0 Å². The van der Waals surface area contributed by atoms with Gasteiger partial charge in [0.1, 0.15) is 11.8 Å². The zero-order valence-electron chi connectivity index (χ0n) is 13.6. The van der Waals surface area contributed by atoms with Crippen LogP contribution in [0.5, 0.6) is 5.75 Å². The van der Waals surface area contributed by atoms with Crippen molar-refractivity contribution in [1.29, 1.82) is 0 Å². The summed E-state index contributed by atoms with van der Waals surface area (Å²) >= 11 is 0. The summed E-state index contributed by atoms with van der Waals surface area (Å²) < 4.78 is 10.4. The number of carbonyl (C=O) groups is 2. The largest absolute Gasteiger partial charge is 0.479 e. The van der Waals surface area contributed by atoms with Crippen molar-refractivity contribution in [3.8, 4) is 5.75 Å². The summed E-state index contributed by atoms with van der Waals surface area (Å²) in [5.41, 5.74) is 1.34. The first-order valence-corrected chi connectivity index (χ1v) is 7.66. The van der Waals surface area contributed by atoms with Crippen LogP contribution in [-0.4, -0.2) is 44.2 Å². The fourth-order valence-corrected chi connectivity index (χ4v) is 2.20. The molecule has 7 heteroatoms. The van der Waals surface area contributed by atoms with Crippen molar-refractivity contribution in [1.82, 2.24) is 5.32 Å². The second-order valence-corrected chi connectivity index (χ2v) is 5.46. The molecule has 0 unspecified atom stereocenters. The van der Waals surface area contributed by atoms with Crippen LogP contribution >= 0.6 is 0 Å². The van der Waals surface area contributed by atoms with Gasteiger partial charge < -0.3 is 25.4 Å². The van der Waals surface area contributed by atoms with Gasteiger partial charge in [0.15, 0.2) is 6.10 Å². The van der Waals surface area contributed by atoms with Crippen molar-refractivity contribution < 1.29 is 19.1 Å². The Labute approximate surface area is 135 Å². The van der Waals surface area contributed by atoms with Crippen LogP contribution in [0.15, 0.2) is 18.2 Å². The Morgan fingerprint density at radius 1 is 1.48 bits per heavy atom. The van der Waals surface area contributed by atoms with Crippen LogP contribution in [-0.2, 0) is 14.3 Å². The highest BCUT2D eigenvalue weighted by Gasteiger charge is 2.23. The van der Waals surface area contributed by atoms with E-state index in [9.17, 15) is 9.59 Å². The monoisotopic (exact) mass is 321 g/mol. The molecule has 1 aliphatic rings. The Morgan fingerprint density at radius 3 is 3.00 bits per heavy atom. The van der Waals surface area contributed by atoms with Crippen molar-refractivity contribution in [3.05, 3.63) is 18.2 Å². The van der Waals surface area contributed by atoms with E-state index in [-0.39, 0.29) is 11.8 Å². The molecule has 2 amide bonds. The third-order valence-corrected chi connectivity index (χ3v) is 3.51. The maximum atomic E-state index is 12.0. The van der Waals surface area contributed by atoms with E-state index in [1.165, 1.54) is 0 Å². The molecule has 2 atom stereocenters. The molecule has 0 radical (unpaired) electrons. The van der Waals surface area contributed by atoms with E-state index in [1.807, 2.05) is 6.07 Å². The van der Waals surface area contributed by atoms with Crippen LogP contribution in [0, 0.1) is 0 Å². The van der Waals surface area contributed by atoms with Crippen molar-refractivity contribution >= 4 is 23.2 Å². The summed E-state index contributed by atoms with van der Waals surface area (Å²) in [4.78, 5) is 23.6. The number of anilines is 2. The number of methoxy groups -OCH3 is 1. The van der Waals surface area contributed by atoms with Gasteiger partial charge in [0.05, 0.1) is 5.69 Å². The summed E-state index contributed by atoms with van der Waals surface area (Å²) in [6, 6.07) is 4.96. The number of hydrogen-bond donors (Lipinski definition) is 3. The van der Waals surface area contributed by atoms with E-state index in [4.69, 9.17) is 9.47 Å². The third kappa shape index (κ3) is 4.59. The van der Waals surface area contributed by atoms with E-state index in [0.717, 1.165) is 12.1 Å². The summed E-state index contributed by atoms with van der Waals surface area (Å²) in [6.45, 7) is 4.67. The Kier molecular flexibility index (Phi) is 5.81. The minimum Gasteiger partial charge on any atom is -0.479 e. The third-order valence-electron chi connectivity index (χ3n) is 3.51. The van der Waals surface area contributed by atoms with Crippen molar-refractivity contribution in [2.45, 2.75) is 32.4 Å². The molecule has 0 saturated heterocycles. The fourth-order valence-electron chi connectivity index (χ4n) is 2.20. The summed E-state index contributed by atoms with van der Waals surface area (Å²) in [7, 11) is 1.63. The van der Waals surface area contributed by atoms with Crippen molar-refractivity contribution in [2.75, 3.05) is 30.9 Å². The van der Waals surface area contributed by atoms with Gasteiger partial charge in [0.2, 0.25) is 5.91 Å². The molecule has 3 N–H and O–H groups in total. The number of fused-ring (bicyclic) bond motifs is 1. The number of ether oxygens (including phenoxy) is 2. The summed E-state index contributed by atoms with van der Waals surface area (Å²) in [5, 5.41) is 8.73. The zero-order valence-corrected chi connectivity index (χ0v) is 13.6. The number of rotatable bonds is 7. The van der Waals surface area contributed by atoms with Gasteiger partial charge in [0, 0.05) is 25.9 Å². The predicted molar refractivity (Wildman–Crippen MR) is 87.7 cm³/mol. The van der Waals surface area contributed by atoms with E-state index in [0.29, 0.717) is 24.6 Å². The second-order valence-electron chi connectivity index (χ2n) is 5.46. The summed E-state index contributed by atoms with van der Waals surface area (Å²) in [6.07, 6.45) is 0.271. The van der Waals surface area contributed by atoms with Crippen LogP contribution < -0.4 is 20.7 Å². The molecule has 0 fully saturated rings. The highest BCUT2D eigenvalue weighted by molar-refractivity contribution is 5.98. The minimum atomic E-state index is -0.502. The molecule has 126 valence electrons. The zero-order chi connectivity index (χ0) is 16.8.